The Kier molecular flexibility index (Phi) is 4.21. The maximum absolute atomic E-state index is 12.5. The zero-order valence-electron chi connectivity index (χ0n) is 11.3. The monoisotopic (exact) mass is 238 g/mol. The third-order valence-electron chi connectivity index (χ3n) is 4.54. The first-order chi connectivity index (χ1) is 8.10. The summed E-state index contributed by atoms with van der Waals surface area (Å²) in [5.41, 5.74) is -0.259. The van der Waals surface area contributed by atoms with E-state index in [9.17, 15) is 4.79 Å². The average Bonchev–Trinajstić information content (AvgIpc) is 2.83. The van der Waals surface area contributed by atoms with Crippen molar-refractivity contribution in [3.05, 3.63) is 0 Å². The zero-order valence-corrected chi connectivity index (χ0v) is 11.3. The molecule has 1 heterocycles. The number of nitrogens with zero attached hydrogens (tertiary/aromatic N) is 1. The summed E-state index contributed by atoms with van der Waals surface area (Å²) in [7, 11) is 0. The van der Waals surface area contributed by atoms with Crippen molar-refractivity contribution < 1.29 is 4.79 Å². The van der Waals surface area contributed by atoms with Crippen LogP contribution in [0.5, 0.6) is 0 Å². The van der Waals surface area contributed by atoms with Crippen molar-refractivity contribution >= 4 is 5.78 Å². The molecular formula is C14H26N2O. The number of Topliss-reactive ketones (excluding diaryl/α,β-unsaturated/α-hetero) is 1. The lowest BCUT2D eigenvalue weighted by Gasteiger charge is -2.40. The van der Waals surface area contributed by atoms with Crippen molar-refractivity contribution in [3.8, 4) is 0 Å². The van der Waals surface area contributed by atoms with Crippen LogP contribution < -0.4 is 5.32 Å². The van der Waals surface area contributed by atoms with Crippen LogP contribution in [0, 0.1) is 5.92 Å². The summed E-state index contributed by atoms with van der Waals surface area (Å²) in [5, 5.41) is 3.35. The molecule has 3 nitrogen and oxygen atoms in total. The van der Waals surface area contributed by atoms with Crippen molar-refractivity contribution in [2.24, 2.45) is 5.92 Å². The second-order valence-corrected chi connectivity index (χ2v) is 6.07. The first-order valence-corrected chi connectivity index (χ1v) is 7.10. The lowest BCUT2D eigenvalue weighted by atomic mass is 9.88. The van der Waals surface area contributed by atoms with Crippen molar-refractivity contribution in [1.82, 2.24) is 10.2 Å². The molecule has 1 N–H and O–H groups in total. The number of carbonyl (C=O) groups excluding carboxylic acids is 1. The summed E-state index contributed by atoms with van der Waals surface area (Å²) in [6.07, 6.45) is 5.99. The first kappa shape index (κ1) is 13.0. The van der Waals surface area contributed by atoms with E-state index in [-0.39, 0.29) is 5.54 Å². The fourth-order valence-electron chi connectivity index (χ4n) is 3.13. The van der Waals surface area contributed by atoms with E-state index in [0.717, 1.165) is 32.6 Å². The molecule has 0 aromatic rings. The summed E-state index contributed by atoms with van der Waals surface area (Å²) in [5.74, 6) is 1.12. The summed E-state index contributed by atoms with van der Waals surface area (Å²) in [6.45, 7) is 8.25. The molecule has 0 aromatic carbocycles. The number of hydrogen-bond acceptors (Lipinski definition) is 3. The van der Waals surface area contributed by atoms with E-state index in [1.165, 1.54) is 25.7 Å². The Morgan fingerprint density at radius 1 is 1.24 bits per heavy atom. The highest BCUT2D eigenvalue weighted by atomic mass is 16.1. The number of nitrogens with one attached hydrogen (secondary N) is 1. The van der Waals surface area contributed by atoms with Gasteiger partial charge < -0.3 is 5.32 Å². The Morgan fingerprint density at radius 2 is 1.82 bits per heavy atom. The highest BCUT2D eigenvalue weighted by Crippen LogP contribution is 2.30. The molecule has 0 unspecified atom stereocenters. The van der Waals surface area contributed by atoms with E-state index in [0.29, 0.717) is 11.7 Å². The minimum absolute atomic E-state index is 0.259. The highest BCUT2D eigenvalue weighted by molar-refractivity contribution is 5.87. The third-order valence-corrected chi connectivity index (χ3v) is 4.54. The molecule has 2 aliphatic rings. The SMILES string of the molecule is CC(C)(C(=O)CC1CCCC1)N1CCNCC1. The lowest BCUT2D eigenvalue weighted by Crippen LogP contribution is -2.57. The molecule has 17 heavy (non-hydrogen) atoms. The van der Waals surface area contributed by atoms with Crippen LogP contribution in [0.25, 0.3) is 0 Å². The maximum Gasteiger partial charge on any atom is 0.152 e. The number of carbonyl (C=O) groups is 1. The first-order valence-electron chi connectivity index (χ1n) is 7.10. The molecule has 2 fully saturated rings. The van der Waals surface area contributed by atoms with Gasteiger partial charge >= 0.3 is 0 Å². The van der Waals surface area contributed by atoms with Gasteiger partial charge in [-0.3, -0.25) is 9.69 Å². The predicted molar refractivity (Wildman–Crippen MR) is 70.1 cm³/mol. The number of hydrogen-bond donors (Lipinski definition) is 1. The summed E-state index contributed by atoms with van der Waals surface area (Å²) in [6, 6.07) is 0. The Hall–Kier alpha value is -0.410. The fourth-order valence-corrected chi connectivity index (χ4v) is 3.13. The van der Waals surface area contributed by atoms with Crippen LogP contribution in [-0.2, 0) is 4.79 Å². The van der Waals surface area contributed by atoms with Crippen LogP contribution in [0.3, 0.4) is 0 Å². The van der Waals surface area contributed by atoms with Crippen LogP contribution in [0.15, 0.2) is 0 Å². The second kappa shape index (κ2) is 5.49. The van der Waals surface area contributed by atoms with Crippen LogP contribution in [0.1, 0.15) is 46.0 Å². The van der Waals surface area contributed by atoms with E-state index >= 15 is 0 Å². The van der Waals surface area contributed by atoms with Crippen LogP contribution in [0.2, 0.25) is 0 Å². The summed E-state index contributed by atoms with van der Waals surface area (Å²) < 4.78 is 0. The molecule has 0 aromatic heterocycles. The smallest absolute Gasteiger partial charge is 0.152 e. The fraction of sp³-hybridized carbons (Fsp3) is 0.929. The van der Waals surface area contributed by atoms with E-state index in [4.69, 9.17) is 0 Å². The molecule has 98 valence electrons. The normalized spacial score (nSPS) is 24.1. The van der Waals surface area contributed by atoms with Crippen molar-refractivity contribution in [2.45, 2.75) is 51.5 Å². The van der Waals surface area contributed by atoms with Crippen LogP contribution in [0.4, 0.5) is 0 Å². The molecule has 1 aliphatic heterocycles. The standard InChI is InChI=1S/C14H26N2O/c1-14(2,16-9-7-15-8-10-16)13(17)11-12-5-3-4-6-12/h12,15H,3-11H2,1-2H3. The van der Waals surface area contributed by atoms with E-state index < -0.39 is 0 Å². The minimum atomic E-state index is -0.259. The largest absolute Gasteiger partial charge is 0.314 e. The molecule has 0 spiro atoms. The Balaban J connectivity index is 1.90. The molecule has 1 saturated carbocycles. The van der Waals surface area contributed by atoms with Crippen LogP contribution >= 0.6 is 0 Å². The molecular weight excluding hydrogens is 212 g/mol. The van der Waals surface area contributed by atoms with E-state index in [1.807, 2.05) is 0 Å². The van der Waals surface area contributed by atoms with E-state index in [2.05, 4.69) is 24.1 Å². The van der Waals surface area contributed by atoms with Gasteiger partial charge in [0.25, 0.3) is 0 Å². The minimum Gasteiger partial charge on any atom is -0.314 e. The van der Waals surface area contributed by atoms with Crippen molar-refractivity contribution in [3.63, 3.8) is 0 Å². The highest BCUT2D eigenvalue weighted by Gasteiger charge is 2.36. The zero-order chi connectivity index (χ0) is 12.3. The maximum atomic E-state index is 12.5. The van der Waals surface area contributed by atoms with Gasteiger partial charge in [0, 0.05) is 32.6 Å². The predicted octanol–water partition coefficient (Wildman–Crippen LogP) is 1.82. The third kappa shape index (κ3) is 3.08. The average molecular weight is 238 g/mol. The number of piperazine rings is 1. The van der Waals surface area contributed by atoms with Gasteiger partial charge in [-0.25, -0.2) is 0 Å². The number of ketones is 1. The Bertz CT molecular complexity index is 263. The topological polar surface area (TPSA) is 32.3 Å². The Morgan fingerprint density at radius 3 is 2.41 bits per heavy atom. The number of rotatable bonds is 4. The molecule has 0 radical (unpaired) electrons. The molecule has 0 bridgehead atoms. The molecule has 0 atom stereocenters. The molecule has 0 amide bonds. The summed E-state index contributed by atoms with van der Waals surface area (Å²) in [4.78, 5) is 14.8. The van der Waals surface area contributed by atoms with Gasteiger partial charge in [-0.05, 0) is 19.8 Å². The molecule has 1 aliphatic carbocycles. The summed E-state index contributed by atoms with van der Waals surface area (Å²) >= 11 is 0. The lowest BCUT2D eigenvalue weighted by molar-refractivity contribution is -0.130. The van der Waals surface area contributed by atoms with Crippen molar-refractivity contribution in [1.29, 1.82) is 0 Å². The molecule has 3 heteroatoms. The van der Waals surface area contributed by atoms with Gasteiger partial charge in [-0.1, -0.05) is 25.7 Å². The van der Waals surface area contributed by atoms with E-state index in [1.54, 1.807) is 0 Å². The van der Waals surface area contributed by atoms with Crippen molar-refractivity contribution in [2.75, 3.05) is 26.2 Å². The van der Waals surface area contributed by atoms with Gasteiger partial charge in [0.2, 0.25) is 0 Å². The van der Waals surface area contributed by atoms with Gasteiger partial charge in [0.1, 0.15) is 0 Å². The quantitative estimate of drug-likeness (QED) is 0.811. The van der Waals surface area contributed by atoms with Gasteiger partial charge in [0.15, 0.2) is 5.78 Å². The van der Waals surface area contributed by atoms with Gasteiger partial charge in [0.05, 0.1) is 5.54 Å². The second-order valence-electron chi connectivity index (χ2n) is 6.07. The van der Waals surface area contributed by atoms with Crippen LogP contribution in [-0.4, -0.2) is 42.4 Å². The Labute approximate surface area is 105 Å². The van der Waals surface area contributed by atoms with Gasteiger partial charge in [-0.2, -0.15) is 0 Å². The molecule has 2 rings (SSSR count). The molecule has 1 saturated heterocycles. The van der Waals surface area contributed by atoms with Gasteiger partial charge in [-0.15, -0.1) is 0 Å².